The van der Waals surface area contributed by atoms with Crippen molar-refractivity contribution in [3.05, 3.63) is 54.9 Å². The molecule has 0 radical (unpaired) electrons. The number of aromatic nitrogens is 2. The minimum atomic E-state index is -0.318. The molecule has 0 saturated carbocycles. The van der Waals surface area contributed by atoms with Crippen molar-refractivity contribution in [2.24, 2.45) is 0 Å². The quantitative estimate of drug-likeness (QED) is 0.745. The molecule has 0 aliphatic heterocycles. The number of benzene rings is 1. The molecule has 0 spiro atoms. The largest absolute Gasteiger partial charge is 0.451 e. The fourth-order valence-corrected chi connectivity index (χ4v) is 1.72. The van der Waals surface area contributed by atoms with E-state index in [1.165, 1.54) is 12.7 Å². The Balaban J connectivity index is 1.98. The molecule has 0 atom stereocenters. The van der Waals surface area contributed by atoms with Crippen molar-refractivity contribution in [2.45, 2.75) is 0 Å². The van der Waals surface area contributed by atoms with E-state index in [9.17, 15) is 4.79 Å². The fourth-order valence-electron chi connectivity index (χ4n) is 1.72. The molecular formula is C13H9N3O2. The third-order valence-corrected chi connectivity index (χ3v) is 2.55. The van der Waals surface area contributed by atoms with E-state index in [2.05, 4.69) is 15.3 Å². The Morgan fingerprint density at radius 1 is 1.17 bits per heavy atom. The van der Waals surface area contributed by atoms with Gasteiger partial charge >= 0.3 is 0 Å². The maximum absolute atomic E-state index is 11.9. The Labute approximate surface area is 102 Å². The Morgan fingerprint density at radius 2 is 2.06 bits per heavy atom. The van der Waals surface area contributed by atoms with Gasteiger partial charge in [0.2, 0.25) is 0 Å². The highest BCUT2D eigenvalue weighted by atomic mass is 16.3. The second-order valence-electron chi connectivity index (χ2n) is 3.71. The minimum absolute atomic E-state index is 0.239. The van der Waals surface area contributed by atoms with Crippen LogP contribution in [-0.2, 0) is 0 Å². The number of pyridine rings is 1. The van der Waals surface area contributed by atoms with E-state index in [-0.39, 0.29) is 11.6 Å². The van der Waals surface area contributed by atoms with Gasteiger partial charge in [-0.25, -0.2) is 4.98 Å². The summed E-state index contributed by atoms with van der Waals surface area (Å²) in [6.07, 6.45) is 4.21. The van der Waals surface area contributed by atoms with Crippen LogP contribution in [0.1, 0.15) is 10.5 Å². The van der Waals surface area contributed by atoms with Crippen LogP contribution in [0, 0.1) is 0 Å². The van der Waals surface area contributed by atoms with Crippen LogP contribution in [0.2, 0.25) is 0 Å². The Bertz CT molecular complexity index is 687. The standard InChI is InChI=1S/C13H9N3O2/c17-13(11-7-18-8-15-11)16-10-5-1-3-9-4-2-6-14-12(9)10/h1-8H,(H,16,17). The molecule has 0 unspecified atom stereocenters. The minimum Gasteiger partial charge on any atom is -0.451 e. The lowest BCUT2D eigenvalue weighted by Crippen LogP contribution is -2.12. The number of amides is 1. The molecule has 5 nitrogen and oxygen atoms in total. The summed E-state index contributed by atoms with van der Waals surface area (Å²) >= 11 is 0. The van der Waals surface area contributed by atoms with Gasteiger partial charge in [-0.05, 0) is 12.1 Å². The smallest absolute Gasteiger partial charge is 0.277 e. The number of nitrogens with zero attached hydrogens (tertiary/aromatic N) is 2. The first-order chi connectivity index (χ1) is 8.84. The van der Waals surface area contributed by atoms with Gasteiger partial charge in [-0.3, -0.25) is 9.78 Å². The molecule has 3 aromatic rings. The molecule has 0 bridgehead atoms. The molecule has 5 heteroatoms. The van der Waals surface area contributed by atoms with Gasteiger partial charge in [0.15, 0.2) is 12.1 Å². The lowest BCUT2D eigenvalue weighted by molar-refractivity contribution is 0.102. The van der Waals surface area contributed by atoms with Gasteiger partial charge in [0, 0.05) is 11.6 Å². The van der Waals surface area contributed by atoms with Crippen molar-refractivity contribution < 1.29 is 9.21 Å². The topological polar surface area (TPSA) is 68.0 Å². The van der Waals surface area contributed by atoms with Gasteiger partial charge in [-0.15, -0.1) is 0 Å². The molecule has 88 valence electrons. The number of anilines is 1. The van der Waals surface area contributed by atoms with Crippen LogP contribution < -0.4 is 5.32 Å². The molecule has 18 heavy (non-hydrogen) atoms. The van der Waals surface area contributed by atoms with Crippen molar-refractivity contribution in [1.82, 2.24) is 9.97 Å². The molecule has 2 heterocycles. The van der Waals surface area contributed by atoms with Crippen molar-refractivity contribution in [2.75, 3.05) is 5.32 Å². The van der Waals surface area contributed by atoms with Crippen molar-refractivity contribution >= 4 is 22.5 Å². The normalized spacial score (nSPS) is 10.4. The molecular weight excluding hydrogens is 230 g/mol. The molecule has 0 aliphatic carbocycles. The summed E-state index contributed by atoms with van der Waals surface area (Å²) in [7, 11) is 0. The van der Waals surface area contributed by atoms with Crippen LogP contribution in [0.4, 0.5) is 5.69 Å². The number of carbonyl (C=O) groups excluding carboxylic acids is 1. The Kier molecular flexibility index (Phi) is 2.49. The number of para-hydroxylation sites is 1. The van der Waals surface area contributed by atoms with Gasteiger partial charge in [0.1, 0.15) is 6.26 Å². The Hall–Kier alpha value is -2.69. The number of hydrogen-bond acceptors (Lipinski definition) is 4. The van der Waals surface area contributed by atoms with Crippen molar-refractivity contribution in [3.8, 4) is 0 Å². The summed E-state index contributed by atoms with van der Waals surface area (Å²) in [6.45, 7) is 0. The van der Waals surface area contributed by atoms with Gasteiger partial charge in [0.25, 0.3) is 5.91 Å². The van der Waals surface area contributed by atoms with Crippen LogP contribution in [0.25, 0.3) is 10.9 Å². The molecule has 1 N–H and O–H groups in total. The molecule has 2 aromatic heterocycles. The summed E-state index contributed by atoms with van der Waals surface area (Å²) in [5.41, 5.74) is 1.64. The first-order valence-corrected chi connectivity index (χ1v) is 5.38. The lowest BCUT2D eigenvalue weighted by atomic mass is 10.2. The zero-order valence-corrected chi connectivity index (χ0v) is 9.33. The number of oxazole rings is 1. The summed E-state index contributed by atoms with van der Waals surface area (Å²) in [6, 6.07) is 9.39. The van der Waals surface area contributed by atoms with E-state index < -0.39 is 0 Å². The lowest BCUT2D eigenvalue weighted by Gasteiger charge is -2.05. The maximum Gasteiger partial charge on any atom is 0.277 e. The highest BCUT2D eigenvalue weighted by Gasteiger charge is 2.10. The molecule has 1 aromatic carbocycles. The van der Waals surface area contributed by atoms with E-state index in [0.717, 1.165) is 10.9 Å². The maximum atomic E-state index is 11.9. The number of hydrogen-bond donors (Lipinski definition) is 1. The van der Waals surface area contributed by atoms with E-state index in [0.29, 0.717) is 5.69 Å². The predicted octanol–water partition coefficient (Wildman–Crippen LogP) is 2.48. The number of rotatable bonds is 2. The van der Waals surface area contributed by atoms with Gasteiger partial charge < -0.3 is 9.73 Å². The zero-order chi connectivity index (χ0) is 12.4. The van der Waals surface area contributed by atoms with Crippen LogP contribution in [0.15, 0.2) is 53.6 Å². The summed E-state index contributed by atoms with van der Waals surface area (Å²) in [4.78, 5) is 19.9. The average Bonchev–Trinajstić information content (AvgIpc) is 2.93. The molecule has 0 fully saturated rings. The summed E-state index contributed by atoms with van der Waals surface area (Å²) < 4.78 is 4.77. The van der Waals surface area contributed by atoms with Gasteiger partial charge in [-0.2, -0.15) is 0 Å². The molecule has 0 saturated heterocycles. The predicted molar refractivity (Wildman–Crippen MR) is 66.2 cm³/mol. The van der Waals surface area contributed by atoms with Gasteiger partial charge in [-0.1, -0.05) is 18.2 Å². The summed E-state index contributed by atoms with van der Waals surface area (Å²) in [5.74, 6) is -0.318. The second-order valence-corrected chi connectivity index (χ2v) is 3.71. The van der Waals surface area contributed by atoms with E-state index in [4.69, 9.17) is 4.42 Å². The average molecular weight is 239 g/mol. The first-order valence-electron chi connectivity index (χ1n) is 5.38. The number of carbonyl (C=O) groups is 1. The van der Waals surface area contributed by atoms with Crippen LogP contribution in [-0.4, -0.2) is 15.9 Å². The fraction of sp³-hybridized carbons (Fsp3) is 0. The van der Waals surface area contributed by atoms with E-state index >= 15 is 0 Å². The van der Waals surface area contributed by atoms with Crippen molar-refractivity contribution in [1.29, 1.82) is 0 Å². The molecule has 0 aliphatic rings. The highest BCUT2D eigenvalue weighted by Crippen LogP contribution is 2.20. The number of fused-ring (bicyclic) bond motifs is 1. The monoisotopic (exact) mass is 239 g/mol. The SMILES string of the molecule is O=C(Nc1cccc2cccnc12)c1cocn1. The van der Waals surface area contributed by atoms with E-state index in [1.54, 1.807) is 12.3 Å². The van der Waals surface area contributed by atoms with E-state index in [1.807, 2.05) is 24.3 Å². The van der Waals surface area contributed by atoms with Crippen LogP contribution >= 0.6 is 0 Å². The molecule has 1 amide bonds. The van der Waals surface area contributed by atoms with Crippen LogP contribution in [0.3, 0.4) is 0 Å². The van der Waals surface area contributed by atoms with Crippen LogP contribution in [0.5, 0.6) is 0 Å². The third kappa shape index (κ3) is 1.82. The second kappa shape index (κ2) is 4.29. The van der Waals surface area contributed by atoms with Gasteiger partial charge in [0.05, 0.1) is 11.2 Å². The first kappa shape index (κ1) is 10.5. The third-order valence-electron chi connectivity index (χ3n) is 2.55. The van der Waals surface area contributed by atoms with Crippen molar-refractivity contribution in [3.63, 3.8) is 0 Å². The highest BCUT2D eigenvalue weighted by molar-refractivity contribution is 6.07. The number of nitrogens with one attached hydrogen (secondary N) is 1. The Morgan fingerprint density at radius 3 is 2.89 bits per heavy atom. The molecule has 3 rings (SSSR count). The zero-order valence-electron chi connectivity index (χ0n) is 9.33. The summed E-state index contributed by atoms with van der Waals surface area (Å²) in [5, 5.41) is 3.73.